The van der Waals surface area contributed by atoms with E-state index >= 15 is 0 Å². The van der Waals surface area contributed by atoms with Crippen molar-refractivity contribution in [1.82, 2.24) is 0 Å². The molecule has 0 aliphatic heterocycles. The topological polar surface area (TPSA) is 104 Å². The number of thiocarbonyl (C=S) groups is 1. The van der Waals surface area contributed by atoms with Gasteiger partial charge in [-0.2, -0.15) is 10.5 Å². The Kier molecular flexibility index (Phi) is 5.33. The molecule has 6 nitrogen and oxygen atoms in total. The number of ether oxygens (including phenoxy) is 2. The normalized spacial score (nSPS) is 8.80. The highest BCUT2D eigenvalue weighted by Crippen LogP contribution is 2.33. The van der Waals surface area contributed by atoms with Crippen LogP contribution < -0.4 is 20.5 Å². The third-order valence-electron chi connectivity index (χ3n) is 2.40. The van der Waals surface area contributed by atoms with Crippen LogP contribution in [0.3, 0.4) is 0 Å². The number of benzene rings is 1. The van der Waals surface area contributed by atoms with E-state index in [9.17, 15) is 0 Å². The zero-order chi connectivity index (χ0) is 15.1. The van der Waals surface area contributed by atoms with Crippen molar-refractivity contribution in [1.29, 1.82) is 10.5 Å². The largest absolute Gasteiger partial charge is 0.493 e. The van der Waals surface area contributed by atoms with Crippen molar-refractivity contribution in [3.05, 3.63) is 29.5 Å². The first-order valence-electron chi connectivity index (χ1n) is 5.40. The number of hydrogen-bond acceptors (Lipinski definition) is 6. The van der Waals surface area contributed by atoms with Crippen LogP contribution >= 0.6 is 12.2 Å². The monoisotopic (exact) mass is 288 g/mol. The van der Waals surface area contributed by atoms with E-state index in [1.807, 2.05) is 0 Å². The first-order chi connectivity index (χ1) is 9.57. The van der Waals surface area contributed by atoms with E-state index in [-0.39, 0.29) is 10.6 Å². The van der Waals surface area contributed by atoms with E-state index < -0.39 is 0 Å². The van der Waals surface area contributed by atoms with Crippen molar-refractivity contribution in [2.75, 3.05) is 19.5 Å². The Labute approximate surface area is 122 Å². The first-order valence-corrected chi connectivity index (χ1v) is 5.81. The summed E-state index contributed by atoms with van der Waals surface area (Å²) in [5, 5.41) is 20.2. The van der Waals surface area contributed by atoms with Gasteiger partial charge in [0.15, 0.2) is 11.5 Å². The molecule has 0 atom stereocenters. The highest BCUT2D eigenvalue weighted by Gasteiger charge is 2.12. The van der Waals surface area contributed by atoms with Crippen molar-refractivity contribution < 1.29 is 9.47 Å². The molecular weight excluding hydrogens is 276 g/mol. The lowest BCUT2D eigenvalue weighted by atomic mass is 10.1. The van der Waals surface area contributed by atoms with Crippen molar-refractivity contribution in [2.45, 2.75) is 0 Å². The van der Waals surface area contributed by atoms with Crippen LogP contribution in [0, 0.1) is 22.7 Å². The summed E-state index contributed by atoms with van der Waals surface area (Å²) in [4.78, 5) is 0.150. The Morgan fingerprint density at radius 2 is 1.80 bits per heavy atom. The number of anilines is 1. The third-order valence-corrected chi connectivity index (χ3v) is 2.62. The van der Waals surface area contributed by atoms with Crippen LogP contribution in [0.25, 0.3) is 0 Å². The maximum atomic E-state index is 8.69. The lowest BCUT2D eigenvalue weighted by Gasteiger charge is -2.14. The van der Waals surface area contributed by atoms with Crippen molar-refractivity contribution >= 4 is 22.9 Å². The zero-order valence-corrected chi connectivity index (χ0v) is 11.7. The molecule has 0 aliphatic rings. The summed E-state index contributed by atoms with van der Waals surface area (Å²) in [7, 11) is 2.99. The summed E-state index contributed by atoms with van der Waals surface area (Å²) in [5.41, 5.74) is 6.60. The number of hydrogen-bond donors (Lipinski definition) is 2. The van der Waals surface area contributed by atoms with Crippen molar-refractivity contribution in [3.8, 4) is 23.6 Å². The molecule has 0 bridgehead atoms. The lowest BCUT2D eigenvalue weighted by Crippen LogP contribution is -2.12. The highest BCUT2D eigenvalue weighted by atomic mass is 32.1. The van der Waals surface area contributed by atoms with Crippen LogP contribution in [-0.4, -0.2) is 19.2 Å². The molecule has 0 amide bonds. The van der Waals surface area contributed by atoms with Gasteiger partial charge in [-0.3, -0.25) is 0 Å². The SMILES string of the molecule is COc1cc(NC=C(C#N)C#N)c(C(N)=S)cc1OC. The summed E-state index contributed by atoms with van der Waals surface area (Å²) in [6.07, 6.45) is 1.27. The molecule has 20 heavy (non-hydrogen) atoms. The minimum atomic E-state index is -0.0753. The lowest BCUT2D eigenvalue weighted by molar-refractivity contribution is 0.355. The number of methoxy groups -OCH3 is 2. The molecule has 0 aromatic heterocycles. The maximum absolute atomic E-state index is 8.69. The van der Waals surface area contributed by atoms with Gasteiger partial charge in [0.2, 0.25) is 0 Å². The van der Waals surface area contributed by atoms with E-state index in [2.05, 4.69) is 5.32 Å². The second-order valence-electron chi connectivity index (χ2n) is 3.54. The predicted octanol–water partition coefficient (Wildman–Crippen LogP) is 1.68. The Morgan fingerprint density at radius 1 is 1.25 bits per heavy atom. The number of rotatable bonds is 5. The van der Waals surface area contributed by atoms with E-state index in [0.29, 0.717) is 22.7 Å². The molecule has 1 aromatic rings. The quantitative estimate of drug-likeness (QED) is 0.627. The van der Waals surface area contributed by atoms with Crippen molar-refractivity contribution in [3.63, 3.8) is 0 Å². The van der Waals surface area contributed by atoms with E-state index in [4.69, 9.17) is 37.9 Å². The summed E-state index contributed by atoms with van der Waals surface area (Å²) >= 11 is 4.96. The van der Waals surface area contributed by atoms with Crippen LogP contribution in [0.2, 0.25) is 0 Å². The van der Waals surface area contributed by atoms with Gasteiger partial charge >= 0.3 is 0 Å². The van der Waals surface area contributed by atoms with Gasteiger partial charge in [0, 0.05) is 17.8 Å². The number of nitrogens with one attached hydrogen (secondary N) is 1. The summed E-state index contributed by atoms with van der Waals surface area (Å²) in [6.45, 7) is 0. The second kappa shape index (κ2) is 6.98. The average molecular weight is 288 g/mol. The Bertz CT molecular complexity index is 625. The molecular formula is C13H12N4O2S. The Hall–Kier alpha value is -2.77. The molecule has 0 heterocycles. The van der Waals surface area contributed by atoms with E-state index in [1.165, 1.54) is 20.4 Å². The molecule has 0 radical (unpaired) electrons. The Balaban J connectivity index is 3.31. The second-order valence-corrected chi connectivity index (χ2v) is 3.98. The van der Waals surface area contributed by atoms with Gasteiger partial charge in [0.05, 0.1) is 19.9 Å². The van der Waals surface area contributed by atoms with Crippen LogP contribution in [-0.2, 0) is 0 Å². The fourth-order valence-corrected chi connectivity index (χ4v) is 1.61. The number of nitrogens with zero attached hydrogens (tertiary/aromatic N) is 2. The third kappa shape index (κ3) is 3.37. The summed E-state index contributed by atoms with van der Waals surface area (Å²) < 4.78 is 10.3. The number of allylic oxidation sites excluding steroid dienone is 1. The molecule has 0 fully saturated rings. The van der Waals surface area contributed by atoms with Gasteiger partial charge in [-0.25, -0.2) is 0 Å². The molecule has 0 saturated carbocycles. The van der Waals surface area contributed by atoms with Crippen molar-refractivity contribution in [2.24, 2.45) is 5.73 Å². The van der Waals surface area contributed by atoms with Gasteiger partial charge in [-0.05, 0) is 6.07 Å². The van der Waals surface area contributed by atoms with Gasteiger partial charge in [-0.1, -0.05) is 12.2 Å². The van der Waals surface area contributed by atoms with Crippen LogP contribution in [0.5, 0.6) is 11.5 Å². The molecule has 0 aliphatic carbocycles. The zero-order valence-electron chi connectivity index (χ0n) is 10.9. The standard InChI is InChI=1S/C13H12N4O2S/c1-18-11-3-9(13(16)20)10(4-12(11)19-2)17-7-8(5-14)6-15/h3-4,7,17H,1-2H3,(H2,16,20). The number of nitriles is 2. The van der Waals surface area contributed by atoms with Gasteiger partial charge < -0.3 is 20.5 Å². The summed E-state index contributed by atoms with van der Waals surface area (Å²) in [5.74, 6) is 0.949. The smallest absolute Gasteiger partial charge is 0.162 e. The van der Waals surface area contributed by atoms with Gasteiger partial charge in [-0.15, -0.1) is 0 Å². The van der Waals surface area contributed by atoms with Gasteiger partial charge in [0.25, 0.3) is 0 Å². The molecule has 3 N–H and O–H groups in total. The molecule has 1 aromatic carbocycles. The maximum Gasteiger partial charge on any atom is 0.162 e. The minimum Gasteiger partial charge on any atom is -0.493 e. The highest BCUT2D eigenvalue weighted by molar-refractivity contribution is 7.80. The Morgan fingerprint density at radius 3 is 2.25 bits per heavy atom. The minimum absolute atomic E-state index is 0.0753. The molecule has 102 valence electrons. The average Bonchev–Trinajstić information content (AvgIpc) is 2.47. The van der Waals surface area contributed by atoms with Gasteiger partial charge in [0.1, 0.15) is 22.7 Å². The van der Waals surface area contributed by atoms with Crippen LogP contribution in [0.4, 0.5) is 5.69 Å². The predicted molar refractivity (Wildman–Crippen MR) is 78.4 cm³/mol. The van der Waals surface area contributed by atoms with E-state index in [0.717, 1.165) is 0 Å². The van der Waals surface area contributed by atoms with Crippen LogP contribution in [0.1, 0.15) is 5.56 Å². The molecule has 7 heteroatoms. The molecule has 0 unspecified atom stereocenters. The van der Waals surface area contributed by atoms with Crippen LogP contribution in [0.15, 0.2) is 23.9 Å². The molecule has 0 spiro atoms. The first kappa shape index (κ1) is 15.3. The summed E-state index contributed by atoms with van der Waals surface area (Å²) in [6, 6.07) is 6.72. The fraction of sp³-hybridized carbons (Fsp3) is 0.154. The molecule has 1 rings (SSSR count). The number of nitrogens with two attached hydrogens (primary N) is 1. The fourth-order valence-electron chi connectivity index (χ4n) is 1.44. The molecule has 0 saturated heterocycles. The van der Waals surface area contributed by atoms with E-state index in [1.54, 1.807) is 24.3 Å².